The highest BCUT2D eigenvalue weighted by molar-refractivity contribution is 5.80. The highest BCUT2D eigenvalue weighted by Gasteiger charge is 1.99. The number of hydrogen-bond acceptors (Lipinski definition) is 1. The van der Waals surface area contributed by atoms with Crippen LogP contribution >= 0.6 is 0 Å². The molecule has 0 heterocycles. The maximum Gasteiger partial charge on any atom is 0.203 e. The average Bonchev–Trinajstić information content (AvgIpc) is 2.47. The molecule has 0 saturated carbocycles. The van der Waals surface area contributed by atoms with E-state index >= 15 is 0 Å². The number of aryl methyl sites for hydroxylation is 2. The molecular weight excluding hydrogens is 244 g/mol. The van der Waals surface area contributed by atoms with Gasteiger partial charge in [-0.1, -0.05) is 52.2 Å². The Morgan fingerprint density at radius 1 is 0.850 bits per heavy atom. The first-order chi connectivity index (χ1) is 9.67. The fraction of sp³-hybridized carbons (Fsp3) is 0.222. The molecule has 0 aliphatic heterocycles. The lowest BCUT2D eigenvalue weighted by Gasteiger charge is -1.95. The number of benzene rings is 2. The topological polar surface area (TPSA) is 15.4 Å². The minimum atomic E-state index is 0.843. The summed E-state index contributed by atoms with van der Waals surface area (Å²) in [5, 5.41) is 4.51. The van der Waals surface area contributed by atoms with E-state index in [9.17, 15) is 0 Å². The molecule has 0 aromatic heterocycles. The molecule has 0 N–H and O–H groups in total. The van der Waals surface area contributed by atoms with Gasteiger partial charge < -0.3 is 0 Å². The van der Waals surface area contributed by atoms with Gasteiger partial charge in [0.1, 0.15) is 6.21 Å². The van der Waals surface area contributed by atoms with Crippen molar-refractivity contribution in [2.24, 2.45) is 5.10 Å². The van der Waals surface area contributed by atoms with E-state index in [0.717, 1.165) is 12.1 Å². The predicted molar refractivity (Wildman–Crippen MR) is 85.9 cm³/mol. The highest BCUT2D eigenvalue weighted by atomic mass is 15.4. The van der Waals surface area contributed by atoms with Crippen LogP contribution < -0.4 is 0 Å². The second-order valence-electron chi connectivity index (χ2n) is 4.95. The van der Waals surface area contributed by atoms with Crippen LogP contribution in [0.15, 0.2) is 53.6 Å². The van der Waals surface area contributed by atoms with Gasteiger partial charge in [-0.2, -0.15) is 0 Å². The summed E-state index contributed by atoms with van der Waals surface area (Å²) in [5.41, 5.74) is 4.82. The maximum atomic E-state index is 4.51. The van der Waals surface area contributed by atoms with Crippen molar-refractivity contribution in [2.75, 3.05) is 6.54 Å². The molecule has 2 aromatic rings. The van der Waals surface area contributed by atoms with Crippen LogP contribution in [0.2, 0.25) is 0 Å². The van der Waals surface area contributed by atoms with E-state index in [-0.39, 0.29) is 0 Å². The second kappa shape index (κ2) is 6.80. The first-order valence-electron chi connectivity index (χ1n) is 6.96. The van der Waals surface area contributed by atoms with Crippen LogP contribution in [-0.4, -0.2) is 23.7 Å². The summed E-state index contributed by atoms with van der Waals surface area (Å²) in [5.74, 6) is 0. The summed E-state index contributed by atoms with van der Waals surface area (Å²) in [6, 6.07) is 16.8. The van der Waals surface area contributed by atoms with E-state index in [2.05, 4.69) is 80.6 Å². The fourth-order valence-corrected chi connectivity index (χ4v) is 1.82. The van der Waals surface area contributed by atoms with Crippen molar-refractivity contribution >= 4 is 12.4 Å². The molecule has 0 aliphatic carbocycles. The monoisotopic (exact) mass is 265 g/mol. The zero-order valence-electron chi connectivity index (χ0n) is 12.4. The molecule has 0 unspecified atom stereocenters. The Morgan fingerprint density at radius 2 is 1.35 bits per heavy atom. The lowest BCUT2D eigenvalue weighted by atomic mass is 10.2. The van der Waals surface area contributed by atoms with Crippen LogP contribution in [-0.2, 0) is 0 Å². The maximum absolute atomic E-state index is 4.51. The molecule has 0 fully saturated rings. The highest BCUT2D eigenvalue weighted by Crippen LogP contribution is 2.02. The Hall–Kier alpha value is -2.22. The molecule has 20 heavy (non-hydrogen) atoms. The number of hydrogen-bond donors (Lipinski definition) is 0. The number of rotatable bonds is 4. The van der Waals surface area contributed by atoms with Crippen molar-refractivity contribution < 1.29 is 4.68 Å². The first-order valence-corrected chi connectivity index (χ1v) is 6.96. The SMILES string of the molecule is CC[N+](=C\c1ccc(C)cc1)/N=C\c1ccc(C)cc1. The van der Waals surface area contributed by atoms with Gasteiger partial charge in [0.25, 0.3) is 0 Å². The summed E-state index contributed by atoms with van der Waals surface area (Å²) in [6.07, 6.45) is 3.96. The number of nitrogens with zero attached hydrogens (tertiary/aromatic N) is 2. The van der Waals surface area contributed by atoms with Gasteiger partial charge in [0.05, 0.1) is 0 Å². The minimum Gasteiger partial charge on any atom is -0.0909 e. The van der Waals surface area contributed by atoms with Gasteiger partial charge in [-0.15, -0.1) is 0 Å². The molecule has 0 aliphatic rings. The van der Waals surface area contributed by atoms with Gasteiger partial charge in [-0.3, -0.25) is 0 Å². The molecule has 2 nitrogen and oxygen atoms in total. The van der Waals surface area contributed by atoms with E-state index in [1.54, 1.807) is 0 Å². The first kappa shape index (κ1) is 14.2. The van der Waals surface area contributed by atoms with E-state index in [1.807, 2.05) is 10.9 Å². The predicted octanol–water partition coefficient (Wildman–Crippen LogP) is 3.79. The Bertz CT molecular complexity index is 605. The van der Waals surface area contributed by atoms with Crippen LogP contribution in [0, 0.1) is 13.8 Å². The van der Waals surface area contributed by atoms with Gasteiger partial charge >= 0.3 is 0 Å². The summed E-state index contributed by atoms with van der Waals surface area (Å²) in [7, 11) is 0. The Labute approximate surface area is 121 Å². The van der Waals surface area contributed by atoms with Crippen LogP contribution in [0.4, 0.5) is 0 Å². The summed E-state index contributed by atoms with van der Waals surface area (Å²) in [6.45, 7) is 7.12. The molecule has 2 heteroatoms. The van der Waals surface area contributed by atoms with E-state index < -0.39 is 0 Å². The Kier molecular flexibility index (Phi) is 4.83. The molecule has 102 valence electrons. The Morgan fingerprint density at radius 3 is 1.85 bits per heavy atom. The zero-order valence-corrected chi connectivity index (χ0v) is 12.4. The van der Waals surface area contributed by atoms with Crippen LogP contribution in [0.3, 0.4) is 0 Å². The van der Waals surface area contributed by atoms with Crippen LogP contribution in [0.25, 0.3) is 0 Å². The molecule has 2 rings (SSSR count). The average molecular weight is 265 g/mol. The van der Waals surface area contributed by atoms with Gasteiger partial charge in [0.2, 0.25) is 6.21 Å². The molecule has 0 amide bonds. The third kappa shape index (κ3) is 4.16. The third-order valence-corrected chi connectivity index (χ3v) is 3.13. The van der Waals surface area contributed by atoms with Crippen LogP contribution in [0.5, 0.6) is 0 Å². The van der Waals surface area contributed by atoms with E-state index in [4.69, 9.17) is 0 Å². The Balaban J connectivity index is 2.15. The van der Waals surface area contributed by atoms with Gasteiger partial charge in [-0.25, -0.2) is 0 Å². The van der Waals surface area contributed by atoms with E-state index in [1.165, 1.54) is 16.7 Å². The van der Waals surface area contributed by atoms with Crippen molar-refractivity contribution in [3.05, 3.63) is 70.8 Å². The lowest BCUT2D eigenvalue weighted by molar-refractivity contribution is -0.524. The number of hydrazone groups is 1. The molecule has 0 saturated heterocycles. The molecular formula is C18H21N2+. The fourth-order valence-electron chi connectivity index (χ4n) is 1.82. The zero-order chi connectivity index (χ0) is 14.4. The third-order valence-electron chi connectivity index (χ3n) is 3.13. The largest absolute Gasteiger partial charge is 0.203 e. The van der Waals surface area contributed by atoms with Crippen molar-refractivity contribution in [3.63, 3.8) is 0 Å². The molecule has 0 bridgehead atoms. The standard InChI is InChI=1S/C18H21N2/c1-4-20(14-18-11-7-16(3)8-12-18)19-13-17-9-5-15(2)6-10-17/h5-14H,4H2,1-3H3/q+1/b19-13-,20-14+. The minimum absolute atomic E-state index is 0.843. The molecule has 0 atom stereocenters. The van der Waals surface area contributed by atoms with Crippen molar-refractivity contribution in [1.82, 2.24) is 0 Å². The lowest BCUT2D eigenvalue weighted by Crippen LogP contribution is -2.06. The van der Waals surface area contributed by atoms with Crippen LogP contribution in [0.1, 0.15) is 29.2 Å². The normalized spacial score (nSPS) is 12.1. The quantitative estimate of drug-likeness (QED) is 0.454. The summed E-state index contributed by atoms with van der Waals surface area (Å²) in [4.78, 5) is 0. The van der Waals surface area contributed by atoms with E-state index in [0.29, 0.717) is 0 Å². The molecule has 0 spiro atoms. The van der Waals surface area contributed by atoms with Crippen molar-refractivity contribution in [2.45, 2.75) is 20.8 Å². The van der Waals surface area contributed by atoms with Gasteiger partial charge in [0.15, 0.2) is 6.54 Å². The summed E-state index contributed by atoms with van der Waals surface area (Å²) >= 11 is 0. The molecule has 2 aromatic carbocycles. The smallest absolute Gasteiger partial charge is 0.0909 e. The molecule has 0 radical (unpaired) electrons. The van der Waals surface area contributed by atoms with Gasteiger partial charge in [0, 0.05) is 5.56 Å². The second-order valence-corrected chi connectivity index (χ2v) is 4.95. The van der Waals surface area contributed by atoms with Crippen molar-refractivity contribution in [3.8, 4) is 0 Å². The summed E-state index contributed by atoms with van der Waals surface area (Å²) < 4.78 is 1.95. The van der Waals surface area contributed by atoms with Gasteiger partial charge in [-0.05, 0) is 43.6 Å². The van der Waals surface area contributed by atoms with Crippen molar-refractivity contribution in [1.29, 1.82) is 0 Å².